The summed E-state index contributed by atoms with van der Waals surface area (Å²) in [5.74, 6) is 2.11. The minimum Gasteiger partial charge on any atom is -0.310 e. The van der Waals surface area contributed by atoms with Gasteiger partial charge in [-0.2, -0.15) is 11.8 Å². The monoisotopic (exact) mass is 255 g/mol. The zero-order valence-electron chi connectivity index (χ0n) is 10.9. The lowest BCUT2D eigenvalue weighted by Crippen LogP contribution is -2.23. The third-order valence-corrected chi connectivity index (χ3v) is 3.93. The molecule has 1 rings (SSSR count). The molecule has 0 spiro atoms. The maximum Gasteiger partial charge on any atom is 0.126 e. The van der Waals surface area contributed by atoms with Gasteiger partial charge in [0, 0.05) is 11.8 Å². The molecule has 1 aromatic rings. The number of benzene rings is 1. The van der Waals surface area contributed by atoms with Crippen LogP contribution in [0.4, 0.5) is 4.39 Å². The first-order chi connectivity index (χ1) is 8.19. The second-order valence-corrected chi connectivity index (χ2v) is 5.34. The second kappa shape index (κ2) is 7.72. The van der Waals surface area contributed by atoms with Gasteiger partial charge in [0.15, 0.2) is 0 Å². The van der Waals surface area contributed by atoms with E-state index in [0.29, 0.717) is 6.04 Å². The van der Waals surface area contributed by atoms with Crippen LogP contribution in [0.2, 0.25) is 0 Å². The van der Waals surface area contributed by atoms with Crippen LogP contribution >= 0.6 is 11.8 Å². The molecular weight excluding hydrogens is 233 g/mol. The van der Waals surface area contributed by atoms with Crippen molar-refractivity contribution in [2.45, 2.75) is 33.2 Å². The van der Waals surface area contributed by atoms with Crippen molar-refractivity contribution in [3.05, 3.63) is 35.1 Å². The van der Waals surface area contributed by atoms with Gasteiger partial charge in [-0.25, -0.2) is 4.39 Å². The average Bonchev–Trinajstić information content (AvgIpc) is 2.32. The van der Waals surface area contributed by atoms with Crippen molar-refractivity contribution in [3.8, 4) is 0 Å². The summed E-state index contributed by atoms with van der Waals surface area (Å²) >= 11 is 1.95. The molecule has 0 saturated carbocycles. The minimum absolute atomic E-state index is 0.120. The van der Waals surface area contributed by atoms with Crippen molar-refractivity contribution >= 4 is 11.8 Å². The zero-order chi connectivity index (χ0) is 12.7. The van der Waals surface area contributed by atoms with Crippen LogP contribution in [0.25, 0.3) is 0 Å². The fourth-order valence-electron chi connectivity index (χ4n) is 1.75. The van der Waals surface area contributed by atoms with E-state index < -0.39 is 0 Å². The molecule has 1 aromatic carbocycles. The molecule has 0 aliphatic heterocycles. The lowest BCUT2D eigenvalue weighted by atomic mass is 10.1. The van der Waals surface area contributed by atoms with Crippen molar-refractivity contribution in [1.82, 2.24) is 5.32 Å². The maximum atomic E-state index is 13.2. The van der Waals surface area contributed by atoms with Gasteiger partial charge in [0.2, 0.25) is 0 Å². The number of hydrogen-bond donors (Lipinski definition) is 1. The number of aryl methyl sites for hydroxylation is 1. The van der Waals surface area contributed by atoms with Crippen molar-refractivity contribution < 1.29 is 4.39 Å². The summed E-state index contributed by atoms with van der Waals surface area (Å²) in [4.78, 5) is 0. The molecule has 0 aromatic heterocycles. The normalized spacial score (nSPS) is 12.7. The fourth-order valence-corrected chi connectivity index (χ4v) is 2.75. The lowest BCUT2D eigenvalue weighted by molar-refractivity contribution is 0.594. The van der Waals surface area contributed by atoms with E-state index in [2.05, 4.69) is 19.2 Å². The summed E-state index contributed by atoms with van der Waals surface area (Å²) in [5, 5.41) is 3.46. The van der Waals surface area contributed by atoms with E-state index in [1.54, 1.807) is 6.07 Å². The zero-order valence-corrected chi connectivity index (χ0v) is 11.7. The van der Waals surface area contributed by atoms with Gasteiger partial charge in [0.1, 0.15) is 5.82 Å². The highest BCUT2D eigenvalue weighted by molar-refractivity contribution is 7.99. The van der Waals surface area contributed by atoms with Crippen molar-refractivity contribution in [2.24, 2.45) is 0 Å². The van der Waals surface area contributed by atoms with Gasteiger partial charge < -0.3 is 5.32 Å². The number of thioether (sulfide) groups is 1. The van der Waals surface area contributed by atoms with Crippen molar-refractivity contribution in [3.63, 3.8) is 0 Å². The van der Waals surface area contributed by atoms with Crippen LogP contribution in [0.1, 0.15) is 37.4 Å². The molecule has 17 heavy (non-hydrogen) atoms. The number of halogens is 1. The predicted octanol–water partition coefficient (Wildman–Crippen LogP) is 3.93. The molecule has 96 valence electrons. The van der Waals surface area contributed by atoms with Crippen LogP contribution in [0.5, 0.6) is 0 Å². The van der Waals surface area contributed by atoms with Gasteiger partial charge in [-0.1, -0.05) is 26.0 Å². The minimum atomic E-state index is -0.120. The molecule has 0 radical (unpaired) electrons. The van der Waals surface area contributed by atoms with Gasteiger partial charge in [-0.3, -0.25) is 0 Å². The topological polar surface area (TPSA) is 12.0 Å². The summed E-state index contributed by atoms with van der Waals surface area (Å²) in [7, 11) is 0. The van der Waals surface area contributed by atoms with Crippen LogP contribution in [0.3, 0.4) is 0 Å². The summed E-state index contributed by atoms with van der Waals surface area (Å²) in [6.45, 7) is 7.06. The van der Waals surface area contributed by atoms with E-state index in [1.165, 1.54) is 17.7 Å². The Labute approximate surface area is 108 Å². The predicted molar refractivity (Wildman–Crippen MR) is 75.2 cm³/mol. The Morgan fingerprint density at radius 2 is 2.12 bits per heavy atom. The van der Waals surface area contributed by atoms with Gasteiger partial charge in [0.05, 0.1) is 0 Å². The van der Waals surface area contributed by atoms with Crippen molar-refractivity contribution in [2.75, 3.05) is 18.1 Å². The Hall–Kier alpha value is -0.540. The molecule has 0 amide bonds. The van der Waals surface area contributed by atoms with Crippen molar-refractivity contribution in [1.29, 1.82) is 0 Å². The maximum absolute atomic E-state index is 13.2. The van der Waals surface area contributed by atoms with Crippen LogP contribution < -0.4 is 5.32 Å². The SMILES string of the molecule is CCCSCC(NCC)c1ccc(F)c(C)c1. The van der Waals surface area contributed by atoms with E-state index in [1.807, 2.05) is 30.8 Å². The number of hydrogen-bond acceptors (Lipinski definition) is 2. The molecule has 0 fully saturated rings. The fraction of sp³-hybridized carbons (Fsp3) is 0.571. The first kappa shape index (κ1) is 14.5. The summed E-state index contributed by atoms with van der Waals surface area (Å²) in [5.41, 5.74) is 1.92. The Morgan fingerprint density at radius 1 is 1.35 bits per heavy atom. The highest BCUT2D eigenvalue weighted by atomic mass is 32.2. The molecular formula is C14H22FNS. The van der Waals surface area contributed by atoms with E-state index >= 15 is 0 Å². The average molecular weight is 255 g/mol. The van der Waals surface area contributed by atoms with Gasteiger partial charge in [0.25, 0.3) is 0 Å². The van der Waals surface area contributed by atoms with E-state index in [4.69, 9.17) is 0 Å². The molecule has 1 atom stereocenters. The standard InChI is InChI=1S/C14H22FNS/c1-4-8-17-10-14(16-5-2)12-6-7-13(15)11(3)9-12/h6-7,9,14,16H,4-5,8,10H2,1-3H3. The second-order valence-electron chi connectivity index (χ2n) is 4.19. The molecule has 3 heteroatoms. The highest BCUT2D eigenvalue weighted by Crippen LogP contribution is 2.21. The summed E-state index contributed by atoms with van der Waals surface area (Å²) in [6.07, 6.45) is 1.20. The highest BCUT2D eigenvalue weighted by Gasteiger charge is 2.11. The van der Waals surface area contributed by atoms with Crippen LogP contribution in [-0.4, -0.2) is 18.1 Å². The van der Waals surface area contributed by atoms with Gasteiger partial charge in [-0.15, -0.1) is 0 Å². The summed E-state index contributed by atoms with van der Waals surface area (Å²) in [6, 6.07) is 5.74. The third-order valence-electron chi connectivity index (χ3n) is 2.67. The summed E-state index contributed by atoms with van der Waals surface area (Å²) < 4.78 is 13.2. The molecule has 0 heterocycles. The van der Waals surface area contributed by atoms with Crippen LogP contribution in [0.15, 0.2) is 18.2 Å². The van der Waals surface area contributed by atoms with Gasteiger partial charge >= 0.3 is 0 Å². The smallest absolute Gasteiger partial charge is 0.126 e. The first-order valence-corrected chi connectivity index (χ1v) is 7.41. The third kappa shape index (κ3) is 4.68. The molecule has 0 saturated heterocycles. The Bertz CT molecular complexity index is 341. The Kier molecular flexibility index (Phi) is 6.60. The first-order valence-electron chi connectivity index (χ1n) is 6.26. The molecule has 1 N–H and O–H groups in total. The van der Waals surface area contributed by atoms with E-state index in [9.17, 15) is 4.39 Å². The Balaban J connectivity index is 2.70. The molecule has 0 aliphatic rings. The lowest BCUT2D eigenvalue weighted by Gasteiger charge is -2.18. The van der Waals surface area contributed by atoms with Gasteiger partial charge in [-0.05, 0) is 42.8 Å². The molecule has 0 bridgehead atoms. The quantitative estimate of drug-likeness (QED) is 0.741. The molecule has 1 nitrogen and oxygen atoms in total. The number of nitrogens with one attached hydrogen (secondary N) is 1. The van der Waals surface area contributed by atoms with E-state index in [-0.39, 0.29) is 5.82 Å². The van der Waals surface area contributed by atoms with E-state index in [0.717, 1.165) is 17.9 Å². The Morgan fingerprint density at radius 3 is 2.71 bits per heavy atom. The molecule has 0 aliphatic carbocycles. The van der Waals surface area contributed by atoms with Crippen LogP contribution in [0, 0.1) is 12.7 Å². The largest absolute Gasteiger partial charge is 0.310 e. The molecule has 1 unspecified atom stereocenters. The number of rotatable bonds is 7. The van der Waals surface area contributed by atoms with Crippen LogP contribution in [-0.2, 0) is 0 Å².